The van der Waals surface area contributed by atoms with Gasteiger partial charge in [-0.05, 0) is 42.8 Å². The van der Waals surface area contributed by atoms with E-state index in [2.05, 4.69) is 15.7 Å². The number of amides is 3. The Hall–Kier alpha value is -3.80. The minimum Gasteiger partial charge on any atom is -0.505 e. The molecular weight excluding hydrogens is 573 g/mol. The van der Waals surface area contributed by atoms with Crippen LogP contribution in [0.4, 0.5) is 0 Å². The van der Waals surface area contributed by atoms with Crippen LogP contribution in [0.25, 0.3) is 5.69 Å². The van der Waals surface area contributed by atoms with Crippen molar-refractivity contribution in [2.75, 3.05) is 32.8 Å². The lowest BCUT2D eigenvalue weighted by atomic mass is 10.2. The van der Waals surface area contributed by atoms with Crippen LogP contribution in [0.2, 0.25) is 15.1 Å². The summed E-state index contributed by atoms with van der Waals surface area (Å²) in [5.41, 5.74) is -0.835. The highest BCUT2D eigenvalue weighted by atomic mass is 35.5. The van der Waals surface area contributed by atoms with Crippen molar-refractivity contribution in [3.05, 3.63) is 79.1 Å². The Morgan fingerprint density at radius 2 is 1.72 bits per heavy atom. The number of aromatic nitrogens is 2. The van der Waals surface area contributed by atoms with Crippen LogP contribution in [-0.4, -0.2) is 70.3 Å². The lowest BCUT2D eigenvalue weighted by Crippen LogP contribution is -2.43. The minimum absolute atomic E-state index is 0.0212. The molecule has 1 aliphatic rings. The number of halogens is 3. The maximum absolute atomic E-state index is 13.4. The Morgan fingerprint density at radius 3 is 2.49 bits per heavy atom. The van der Waals surface area contributed by atoms with Crippen molar-refractivity contribution in [2.24, 2.45) is 0 Å². The molecule has 0 bridgehead atoms. The topological polar surface area (TPSA) is 143 Å². The van der Waals surface area contributed by atoms with E-state index in [1.165, 1.54) is 24.3 Å². The third kappa shape index (κ3) is 6.80. The number of carbonyl (C=O) groups excluding carboxylic acids is 3. The number of nitrogens with one attached hydrogen (secondary N) is 2. The van der Waals surface area contributed by atoms with Crippen LogP contribution in [0.1, 0.15) is 27.3 Å². The van der Waals surface area contributed by atoms with Crippen molar-refractivity contribution in [1.29, 1.82) is 0 Å². The van der Waals surface area contributed by atoms with Gasteiger partial charge in [0.15, 0.2) is 11.4 Å². The van der Waals surface area contributed by atoms with Gasteiger partial charge in [0.2, 0.25) is 5.91 Å². The van der Waals surface area contributed by atoms with Crippen molar-refractivity contribution in [3.8, 4) is 17.2 Å². The molecule has 2 aromatic carbocycles. The Kier molecular flexibility index (Phi) is 8.95. The zero-order valence-corrected chi connectivity index (χ0v) is 22.5. The lowest BCUT2D eigenvalue weighted by Gasteiger charge is -2.23. The Morgan fingerprint density at radius 1 is 0.974 bits per heavy atom. The Labute approximate surface area is 237 Å². The number of rotatable bonds is 2. The van der Waals surface area contributed by atoms with Gasteiger partial charge in [-0.15, -0.1) is 0 Å². The molecule has 0 fully saturated rings. The summed E-state index contributed by atoms with van der Waals surface area (Å²) in [4.78, 5) is 52.5. The molecule has 0 spiro atoms. The Balaban J connectivity index is 1.59. The number of ether oxygens (including phenoxy) is 1. The lowest BCUT2D eigenvalue weighted by molar-refractivity contribution is -0.121. The summed E-state index contributed by atoms with van der Waals surface area (Å²) >= 11 is 18.2. The highest BCUT2D eigenvalue weighted by Gasteiger charge is 2.25. The first-order valence-corrected chi connectivity index (χ1v) is 12.8. The average Bonchev–Trinajstić information content (AvgIpc) is 2.88. The first-order valence-electron chi connectivity index (χ1n) is 11.7. The predicted molar refractivity (Wildman–Crippen MR) is 144 cm³/mol. The van der Waals surface area contributed by atoms with Crippen LogP contribution < -0.4 is 20.9 Å². The van der Waals surface area contributed by atoms with Gasteiger partial charge in [0, 0.05) is 29.2 Å². The van der Waals surface area contributed by atoms with Gasteiger partial charge in [0.25, 0.3) is 17.4 Å². The van der Waals surface area contributed by atoms with E-state index in [0.717, 1.165) is 15.6 Å². The van der Waals surface area contributed by atoms with E-state index in [9.17, 15) is 24.3 Å². The smallest absolute Gasteiger partial charge is 0.278 e. The molecule has 39 heavy (non-hydrogen) atoms. The summed E-state index contributed by atoms with van der Waals surface area (Å²) < 4.78 is 6.50. The molecule has 0 aliphatic carbocycles. The van der Waals surface area contributed by atoms with Crippen LogP contribution in [0.3, 0.4) is 0 Å². The minimum atomic E-state index is -0.812. The number of hydrogen-bond donors (Lipinski definition) is 3. The van der Waals surface area contributed by atoms with E-state index in [-0.39, 0.29) is 55.5 Å². The van der Waals surface area contributed by atoms with Crippen molar-refractivity contribution >= 4 is 52.5 Å². The molecule has 1 aliphatic heterocycles. The number of benzene rings is 2. The number of fused-ring (bicyclic) bond motifs is 1. The molecule has 204 valence electrons. The second-order valence-electron chi connectivity index (χ2n) is 8.40. The molecule has 0 saturated carbocycles. The second-order valence-corrected chi connectivity index (χ2v) is 9.68. The molecular formula is C25H22Cl3N5O6. The van der Waals surface area contributed by atoms with E-state index >= 15 is 0 Å². The summed E-state index contributed by atoms with van der Waals surface area (Å²) in [5.74, 6) is -2.07. The van der Waals surface area contributed by atoms with E-state index in [1.807, 2.05) is 0 Å². The number of nitrogens with zero attached hydrogens (tertiary/aromatic N) is 3. The van der Waals surface area contributed by atoms with E-state index < -0.39 is 34.7 Å². The van der Waals surface area contributed by atoms with Crippen LogP contribution in [0, 0.1) is 0 Å². The van der Waals surface area contributed by atoms with Crippen molar-refractivity contribution in [1.82, 2.24) is 25.3 Å². The van der Waals surface area contributed by atoms with E-state index in [1.54, 1.807) is 12.1 Å². The summed E-state index contributed by atoms with van der Waals surface area (Å²) in [6.45, 7) is -0.0610. The number of carbonyl (C=O) groups is 3. The summed E-state index contributed by atoms with van der Waals surface area (Å²) in [7, 11) is 0. The van der Waals surface area contributed by atoms with E-state index in [4.69, 9.17) is 39.5 Å². The molecule has 0 saturated heterocycles. The zero-order chi connectivity index (χ0) is 28.1. The first-order chi connectivity index (χ1) is 18.6. The molecule has 11 nitrogen and oxygen atoms in total. The van der Waals surface area contributed by atoms with Gasteiger partial charge in [-0.25, -0.2) is 0 Å². The molecule has 14 heteroatoms. The SMILES string of the molecule is O=C1CN(C(=O)c2nn(-c3ccc(Cl)cc3Cl)c(=O)cc2O)CCCNC(=O)c2cc(Cl)ccc2OCCN1. The normalized spacial score (nSPS) is 14.9. The average molecular weight is 595 g/mol. The van der Waals surface area contributed by atoms with Gasteiger partial charge in [-0.2, -0.15) is 9.78 Å². The number of aromatic hydroxyl groups is 1. The zero-order valence-electron chi connectivity index (χ0n) is 20.2. The summed E-state index contributed by atoms with van der Waals surface area (Å²) in [5, 5.41) is 20.6. The van der Waals surface area contributed by atoms with Crippen LogP contribution in [-0.2, 0) is 4.79 Å². The third-order valence-electron chi connectivity index (χ3n) is 5.63. The highest BCUT2D eigenvalue weighted by Crippen LogP contribution is 2.25. The molecule has 3 amide bonds. The van der Waals surface area contributed by atoms with E-state index in [0.29, 0.717) is 15.8 Å². The summed E-state index contributed by atoms with van der Waals surface area (Å²) in [6.07, 6.45) is 0.255. The molecule has 4 rings (SSSR count). The van der Waals surface area contributed by atoms with Crippen molar-refractivity contribution in [2.45, 2.75) is 6.42 Å². The first kappa shape index (κ1) is 28.2. The van der Waals surface area contributed by atoms with Gasteiger partial charge in [-0.1, -0.05) is 34.8 Å². The van der Waals surface area contributed by atoms with Gasteiger partial charge < -0.3 is 25.4 Å². The fraction of sp³-hybridized carbons (Fsp3) is 0.240. The van der Waals surface area contributed by atoms with Gasteiger partial charge in [-0.3, -0.25) is 19.2 Å². The Bertz CT molecular complexity index is 1500. The van der Waals surface area contributed by atoms with Crippen molar-refractivity contribution in [3.63, 3.8) is 0 Å². The maximum atomic E-state index is 13.4. The molecule has 0 radical (unpaired) electrons. The predicted octanol–water partition coefficient (Wildman–Crippen LogP) is 2.67. The van der Waals surface area contributed by atoms with Crippen LogP contribution in [0.15, 0.2) is 47.3 Å². The molecule has 2 heterocycles. The summed E-state index contributed by atoms with van der Waals surface area (Å²) in [6, 6.07) is 9.79. The second kappa shape index (κ2) is 12.4. The highest BCUT2D eigenvalue weighted by molar-refractivity contribution is 6.35. The fourth-order valence-corrected chi connectivity index (χ4v) is 4.44. The largest absolute Gasteiger partial charge is 0.505 e. The van der Waals surface area contributed by atoms with Crippen molar-refractivity contribution < 1.29 is 24.2 Å². The molecule has 1 aromatic heterocycles. The van der Waals surface area contributed by atoms with Gasteiger partial charge in [0.1, 0.15) is 12.4 Å². The molecule has 0 atom stereocenters. The number of hydrogen-bond acceptors (Lipinski definition) is 7. The quantitative estimate of drug-likeness (QED) is 0.414. The molecule has 3 N–H and O–H groups in total. The van der Waals surface area contributed by atoms with Crippen LogP contribution in [0.5, 0.6) is 11.5 Å². The standard InChI is InChI=1S/C25H22Cl3N5O6/c26-14-3-5-20-16(10-14)24(37)30-6-1-8-32(13-21(35)29-7-9-39-20)25(38)23-19(34)12-22(36)33(31-23)18-4-2-15(27)11-17(18)28/h2-5,10-12,34H,1,6-9,13H2,(H,29,35)(H,30,37). The molecule has 3 aromatic rings. The monoisotopic (exact) mass is 593 g/mol. The maximum Gasteiger partial charge on any atom is 0.278 e. The molecule has 0 unspecified atom stereocenters. The third-order valence-corrected chi connectivity index (χ3v) is 6.41. The van der Waals surface area contributed by atoms with Gasteiger partial charge >= 0.3 is 0 Å². The van der Waals surface area contributed by atoms with Crippen LogP contribution >= 0.6 is 34.8 Å². The fourth-order valence-electron chi connectivity index (χ4n) is 3.78. The van der Waals surface area contributed by atoms with Gasteiger partial charge in [0.05, 0.1) is 29.4 Å².